The van der Waals surface area contributed by atoms with Gasteiger partial charge < -0.3 is 4.74 Å². The van der Waals surface area contributed by atoms with Crippen LogP contribution in [0.2, 0.25) is 5.02 Å². The highest BCUT2D eigenvalue weighted by Crippen LogP contribution is 2.35. The predicted octanol–water partition coefficient (Wildman–Crippen LogP) is 5.36. The van der Waals surface area contributed by atoms with Crippen molar-refractivity contribution < 1.29 is 9.53 Å². The molecule has 1 amide bonds. The number of aliphatic imine (C=N–C) groups is 1. The molecule has 1 aliphatic rings. The number of methoxy groups -OCH3 is 1. The third-order valence-electron chi connectivity index (χ3n) is 3.81. The molecule has 1 fully saturated rings. The topological polar surface area (TPSA) is 41.9 Å². The summed E-state index contributed by atoms with van der Waals surface area (Å²) >= 11 is 7.31. The molecule has 0 saturated carbocycles. The number of para-hydroxylation sites is 1. The van der Waals surface area contributed by atoms with Gasteiger partial charge >= 0.3 is 0 Å². The van der Waals surface area contributed by atoms with Crippen LogP contribution in [0.3, 0.4) is 0 Å². The van der Waals surface area contributed by atoms with Gasteiger partial charge in [-0.15, -0.1) is 0 Å². The number of ether oxygens (including phenoxy) is 1. The maximum absolute atomic E-state index is 12.8. The molecule has 3 rings (SSSR count). The molecule has 134 valence electrons. The Hall–Kier alpha value is -2.24. The number of hydrogen-bond acceptors (Lipinski definition) is 4. The minimum Gasteiger partial charge on any atom is -0.496 e. The Bertz CT molecular complexity index is 862. The first-order valence-electron chi connectivity index (χ1n) is 8.31. The van der Waals surface area contributed by atoms with Crippen LogP contribution in [0.25, 0.3) is 6.08 Å². The van der Waals surface area contributed by atoms with Crippen molar-refractivity contribution in [1.29, 1.82) is 0 Å². The van der Waals surface area contributed by atoms with E-state index in [1.165, 1.54) is 11.8 Å². The van der Waals surface area contributed by atoms with Gasteiger partial charge in [0.15, 0.2) is 5.17 Å². The van der Waals surface area contributed by atoms with Crippen molar-refractivity contribution in [3.05, 3.63) is 64.0 Å². The minimum atomic E-state index is -0.0320. The second-order valence-corrected chi connectivity index (χ2v) is 7.13. The van der Waals surface area contributed by atoms with E-state index in [1.54, 1.807) is 24.1 Å². The molecule has 1 saturated heterocycles. The average Bonchev–Trinajstić information content (AvgIpc) is 2.93. The number of hydrogen-bond donors (Lipinski definition) is 0. The summed E-state index contributed by atoms with van der Waals surface area (Å²) in [7, 11) is 1.62. The van der Waals surface area contributed by atoms with Crippen LogP contribution in [0.1, 0.15) is 18.9 Å². The van der Waals surface area contributed by atoms with E-state index in [-0.39, 0.29) is 5.91 Å². The Morgan fingerprint density at radius 3 is 2.62 bits per heavy atom. The lowest BCUT2D eigenvalue weighted by atomic mass is 10.2. The summed E-state index contributed by atoms with van der Waals surface area (Å²) in [6.07, 6.45) is 2.72. The Morgan fingerprint density at radius 2 is 1.92 bits per heavy atom. The van der Waals surface area contributed by atoms with Crippen molar-refractivity contribution in [1.82, 2.24) is 4.90 Å². The Labute approximate surface area is 162 Å². The van der Waals surface area contributed by atoms with Crippen LogP contribution in [0.5, 0.6) is 5.75 Å². The van der Waals surface area contributed by atoms with E-state index in [0.29, 0.717) is 21.6 Å². The molecule has 1 aliphatic heterocycles. The highest BCUT2D eigenvalue weighted by Gasteiger charge is 2.32. The van der Waals surface area contributed by atoms with E-state index in [4.69, 9.17) is 16.3 Å². The number of benzene rings is 2. The fraction of sp³-hybridized carbons (Fsp3) is 0.200. The zero-order valence-electron chi connectivity index (χ0n) is 14.6. The standard InChI is InChI=1S/C20H19ClN2O2S/c1-3-12-23-19(24)18(13-14-6-4-5-7-17(14)25-2)26-20(23)22-16-10-8-15(21)9-11-16/h4-11,13H,3,12H2,1-2H3/b18-13-,22-20?. The molecule has 0 N–H and O–H groups in total. The fourth-order valence-electron chi connectivity index (χ4n) is 2.57. The van der Waals surface area contributed by atoms with Crippen molar-refractivity contribution in [2.24, 2.45) is 4.99 Å². The number of carbonyl (C=O) groups excluding carboxylic acids is 1. The molecular formula is C20H19ClN2O2S. The molecule has 4 nitrogen and oxygen atoms in total. The molecule has 0 aromatic heterocycles. The summed E-state index contributed by atoms with van der Waals surface area (Å²) in [4.78, 5) is 19.8. The summed E-state index contributed by atoms with van der Waals surface area (Å²) in [5, 5.41) is 1.34. The molecule has 1 heterocycles. The number of thioether (sulfide) groups is 1. The van der Waals surface area contributed by atoms with E-state index < -0.39 is 0 Å². The van der Waals surface area contributed by atoms with Crippen molar-refractivity contribution in [3.63, 3.8) is 0 Å². The number of nitrogens with zero attached hydrogens (tertiary/aromatic N) is 2. The first kappa shape index (κ1) is 18.5. The first-order chi connectivity index (χ1) is 12.6. The van der Waals surface area contributed by atoms with E-state index in [9.17, 15) is 4.79 Å². The lowest BCUT2D eigenvalue weighted by Crippen LogP contribution is -2.29. The number of amidine groups is 1. The normalized spacial score (nSPS) is 17.3. The molecule has 0 spiro atoms. The number of rotatable bonds is 5. The van der Waals surface area contributed by atoms with Gasteiger partial charge in [-0.2, -0.15) is 0 Å². The van der Waals surface area contributed by atoms with Gasteiger partial charge in [0, 0.05) is 17.1 Å². The first-order valence-corrected chi connectivity index (χ1v) is 9.50. The van der Waals surface area contributed by atoms with Crippen molar-refractivity contribution in [2.75, 3.05) is 13.7 Å². The van der Waals surface area contributed by atoms with E-state index >= 15 is 0 Å². The second kappa shape index (κ2) is 8.43. The number of carbonyl (C=O) groups is 1. The van der Waals surface area contributed by atoms with Crippen molar-refractivity contribution in [2.45, 2.75) is 13.3 Å². The average molecular weight is 387 g/mol. The van der Waals surface area contributed by atoms with E-state index in [0.717, 1.165) is 23.4 Å². The largest absolute Gasteiger partial charge is 0.496 e. The SMILES string of the molecule is CCCN1C(=O)/C(=C/c2ccccc2OC)SC1=Nc1ccc(Cl)cc1. The molecule has 0 atom stereocenters. The minimum absolute atomic E-state index is 0.0320. The number of amides is 1. The van der Waals surface area contributed by atoms with Gasteiger partial charge in [-0.1, -0.05) is 36.7 Å². The summed E-state index contributed by atoms with van der Waals surface area (Å²) < 4.78 is 5.38. The maximum atomic E-state index is 12.8. The summed E-state index contributed by atoms with van der Waals surface area (Å²) in [5.74, 6) is 0.703. The molecule has 0 bridgehead atoms. The zero-order chi connectivity index (χ0) is 18.5. The molecule has 0 radical (unpaired) electrons. The maximum Gasteiger partial charge on any atom is 0.266 e. The van der Waals surface area contributed by atoms with Gasteiger partial charge in [0.05, 0.1) is 17.7 Å². The van der Waals surface area contributed by atoms with Crippen LogP contribution in [0.15, 0.2) is 58.4 Å². The molecule has 26 heavy (non-hydrogen) atoms. The van der Waals surface area contributed by atoms with Gasteiger partial charge in [-0.3, -0.25) is 9.69 Å². The van der Waals surface area contributed by atoms with Crippen LogP contribution in [0, 0.1) is 0 Å². The fourth-order valence-corrected chi connectivity index (χ4v) is 3.71. The lowest BCUT2D eigenvalue weighted by Gasteiger charge is -2.13. The van der Waals surface area contributed by atoms with Gasteiger partial charge in [-0.05, 0) is 54.6 Å². The molecule has 6 heteroatoms. The van der Waals surface area contributed by atoms with E-state index in [1.807, 2.05) is 49.4 Å². The molecule has 0 unspecified atom stereocenters. The summed E-state index contributed by atoms with van der Waals surface area (Å²) in [6, 6.07) is 14.9. The molecule has 0 aliphatic carbocycles. The van der Waals surface area contributed by atoms with Gasteiger partial charge in [0.2, 0.25) is 0 Å². The number of halogens is 1. The third-order valence-corrected chi connectivity index (χ3v) is 5.07. The van der Waals surface area contributed by atoms with Gasteiger partial charge in [-0.25, -0.2) is 4.99 Å². The van der Waals surface area contributed by atoms with Gasteiger partial charge in [0.25, 0.3) is 5.91 Å². The van der Waals surface area contributed by atoms with Crippen LogP contribution in [0.4, 0.5) is 5.69 Å². The van der Waals surface area contributed by atoms with Crippen LogP contribution in [-0.2, 0) is 4.79 Å². The van der Waals surface area contributed by atoms with Crippen LogP contribution >= 0.6 is 23.4 Å². The Kier molecular flexibility index (Phi) is 6.01. The smallest absolute Gasteiger partial charge is 0.266 e. The predicted molar refractivity (Wildman–Crippen MR) is 109 cm³/mol. The Balaban J connectivity index is 1.95. The monoisotopic (exact) mass is 386 g/mol. The zero-order valence-corrected chi connectivity index (χ0v) is 16.2. The van der Waals surface area contributed by atoms with Crippen molar-refractivity contribution in [3.8, 4) is 5.75 Å². The highest BCUT2D eigenvalue weighted by atomic mass is 35.5. The molecular weight excluding hydrogens is 368 g/mol. The summed E-state index contributed by atoms with van der Waals surface area (Å²) in [6.45, 7) is 2.67. The van der Waals surface area contributed by atoms with Gasteiger partial charge in [0.1, 0.15) is 5.75 Å². The third kappa shape index (κ3) is 4.11. The Morgan fingerprint density at radius 1 is 1.19 bits per heavy atom. The van der Waals surface area contributed by atoms with Crippen LogP contribution < -0.4 is 4.74 Å². The lowest BCUT2D eigenvalue weighted by molar-refractivity contribution is -0.122. The summed E-state index contributed by atoms with van der Waals surface area (Å²) in [5.41, 5.74) is 1.64. The van der Waals surface area contributed by atoms with Crippen LogP contribution in [-0.4, -0.2) is 29.6 Å². The highest BCUT2D eigenvalue weighted by molar-refractivity contribution is 8.18. The second-order valence-electron chi connectivity index (χ2n) is 5.68. The molecule has 2 aromatic carbocycles. The van der Waals surface area contributed by atoms with E-state index in [2.05, 4.69) is 4.99 Å². The van der Waals surface area contributed by atoms with Crippen molar-refractivity contribution >= 4 is 46.2 Å². The molecule has 2 aromatic rings. The quantitative estimate of drug-likeness (QED) is 0.649.